The van der Waals surface area contributed by atoms with E-state index in [1.165, 1.54) is 35.9 Å². The topological polar surface area (TPSA) is 120 Å². The van der Waals surface area contributed by atoms with Crippen LogP contribution in [0.5, 0.6) is 11.5 Å². The second-order valence-corrected chi connectivity index (χ2v) is 10.4. The molecule has 0 spiro atoms. The maximum absolute atomic E-state index is 13.0. The predicted molar refractivity (Wildman–Crippen MR) is 135 cm³/mol. The first-order valence-corrected chi connectivity index (χ1v) is 13.4. The highest BCUT2D eigenvalue weighted by atomic mass is 32.2. The molecule has 0 fully saturated rings. The molecule has 0 saturated heterocycles. The first kappa shape index (κ1) is 24.6. The smallest absolute Gasteiger partial charge is 0.340 e. The number of carbonyl (C=O) groups excluding carboxylic acids is 2. The molecule has 1 aliphatic heterocycles. The zero-order valence-corrected chi connectivity index (χ0v) is 20.8. The quantitative estimate of drug-likeness (QED) is 0.455. The molecule has 9 nitrogen and oxygen atoms in total. The van der Waals surface area contributed by atoms with Crippen LogP contribution in [0.15, 0.2) is 71.6 Å². The van der Waals surface area contributed by atoms with Crippen LogP contribution in [0, 0.1) is 0 Å². The van der Waals surface area contributed by atoms with E-state index in [1.807, 2.05) is 18.2 Å². The van der Waals surface area contributed by atoms with E-state index in [0.717, 1.165) is 24.8 Å². The van der Waals surface area contributed by atoms with Crippen LogP contribution < -0.4 is 19.5 Å². The number of hydrogen-bond donors (Lipinski definition) is 2. The van der Waals surface area contributed by atoms with Gasteiger partial charge in [0.05, 0.1) is 22.2 Å². The van der Waals surface area contributed by atoms with Gasteiger partial charge in [-0.3, -0.25) is 9.52 Å². The molecule has 2 N–H and O–H groups in total. The normalized spacial score (nSPS) is 16.3. The summed E-state index contributed by atoms with van der Waals surface area (Å²) in [4.78, 5) is 25.3. The van der Waals surface area contributed by atoms with Gasteiger partial charge in [0, 0.05) is 6.07 Å². The summed E-state index contributed by atoms with van der Waals surface area (Å²) in [6.07, 6.45) is 2.73. The lowest BCUT2D eigenvalue weighted by atomic mass is 9.88. The van der Waals surface area contributed by atoms with E-state index in [2.05, 4.69) is 16.1 Å². The Labute approximate surface area is 214 Å². The minimum absolute atomic E-state index is 0.0144. The van der Waals surface area contributed by atoms with Crippen LogP contribution in [0.4, 0.5) is 5.69 Å². The molecule has 1 heterocycles. The van der Waals surface area contributed by atoms with Crippen molar-refractivity contribution in [2.45, 2.75) is 30.2 Å². The maximum Gasteiger partial charge on any atom is 0.340 e. The fourth-order valence-corrected chi connectivity index (χ4v) is 5.59. The Morgan fingerprint density at radius 2 is 1.70 bits per heavy atom. The van der Waals surface area contributed by atoms with Crippen molar-refractivity contribution in [3.8, 4) is 11.5 Å². The van der Waals surface area contributed by atoms with Crippen molar-refractivity contribution in [3.63, 3.8) is 0 Å². The molecular formula is C27H26N2O7S. The van der Waals surface area contributed by atoms with Crippen molar-refractivity contribution in [2.75, 3.05) is 24.5 Å². The molecule has 192 valence electrons. The van der Waals surface area contributed by atoms with Crippen LogP contribution >= 0.6 is 0 Å². The lowest BCUT2D eigenvalue weighted by Gasteiger charge is -2.26. The van der Waals surface area contributed by atoms with Crippen LogP contribution in [0.3, 0.4) is 0 Å². The molecule has 3 aromatic carbocycles. The van der Waals surface area contributed by atoms with Crippen molar-refractivity contribution < 1.29 is 32.2 Å². The Kier molecular flexibility index (Phi) is 7.00. The molecule has 3 aromatic rings. The minimum Gasteiger partial charge on any atom is -0.486 e. The van der Waals surface area contributed by atoms with Gasteiger partial charge in [-0.2, -0.15) is 0 Å². The number of para-hydroxylation sites is 1. The Morgan fingerprint density at radius 1 is 0.946 bits per heavy atom. The number of hydrogen-bond acceptors (Lipinski definition) is 7. The second-order valence-electron chi connectivity index (χ2n) is 8.74. The third-order valence-electron chi connectivity index (χ3n) is 6.25. The van der Waals surface area contributed by atoms with E-state index in [-0.39, 0.29) is 22.2 Å². The standard InChI is InChI=1S/C27H26N2O7S/c30-26(28-22-11-5-7-18-6-1-2-8-20(18)22)17-36-27(31)21-9-3-4-10-23(21)29-37(32,33)19-12-13-24-25(16-19)35-15-14-34-24/h1-4,6,8-10,12-13,16,22,29H,5,7,11,14-15,17H2,(H,28,30). The SMILES string of the molecule is O=C(COC(=O)c1ccccc1NS(=O)(=O)c1ccc2c(c1)OCCO2)NC1CCCc2ccccc21. The number of anilines is 1. The number of benzene rings is 3. The third kappa shape index (κ3) is 5.54. The molecule has 0 radical (unpaired) electrons. The summed E-state index contributed by atoms with van der Waals surface area (Å²) in [6.45, 7) is 0.221. The summed E-state index contributed by atoms with van der Waals surface area (Å²) < 4.78 is 44.6. The molecule has 5 rings (SSSR count). The molecule has 1 atom stereocenters. The molecule has 1 unspecified atom stereocenters. The third-order valence-corrected chi connectivity index (χ3v) is 7.62. The fourth-order valence-electron chi connectivity index (χ4n) is 4.49. The average Bonchev–Trinajstić information content (AvgIpc) is 2.92. The van der Waals surface area contributed by atoms with Gasteiger partial charge in [-0.15, -0.1) is 0 Å². The maximum atomic E-state index is 13.0. The molecular weight excluding hydrogens is 496 g/mol. The number of esters is 1. The van der Waals surface area contributed by atoms with Gasteiger partial charge in [0.25, 0.3) is 15.9 Å². The Bertz CT molecular complexity index is 1440. The van der Waals surface area contributed by atoms with Crippen molar-refractivity contribution in [1.82, 2.24) is 5.32 Å². The van der Waals surface area contributed by atoms with Crippen LogP contribution in [-0.2, 0) is 26.0 Å². The van der Waals surface area contributed by atoms with Crippen LogP contribution in [0.25, 0.3) is 0 Å². The van der Waals surface area contributed by atoms with Gasteiger partial charge in [-0.25, -0.2) is 13.2 Å². The number of fused-ring (bicyclic) bond motifs is 2. The van der Waals surface area contributed by atoms with Gasteiger partial charge < -0.3 is 19.5 Å². The summed E-state index contributed by atoms with van der Waals surface area (Å²) in [5, 5.41) is 2.93. The van der Waals surface area contributed by atoms with Crippen LogP contribution in [-0.4, -0.2) is 40.1 Å². The lowest BCUT2D eigenvalue weighted by Crippen LogP contribution is -2.34. The van der Waals surface area contributed by atoms with E-state index in [0.29, 0.717) is 24.7 Å². The summed E-state index contributed by atoms with van der Waals surface area (Å²) in [5.41, 5.74) is 2.30. The van der Waals surface area contributed by atoms with Gasteiger partial charge >= 0.3 is 5.97 Å². The molecule has 1 aliphatic carbocycles. The predicted octanol–water partition coefficient (Wildman–Crippen LogP) is 3.61. The number of amides is 1. The van der Waals surface area contributed by atoms with E-state index < -0.39 is 28.5 Å². The largest absolute Gasteiger partial charge is 0.486 e. The summed E-state index contributed by atoms with van der Waals surface area (Å²) in [5.74, 6) is -0.457. The van der Waals surface area contributed by atoms with Gasteiger partial charge in [0.1, 0.15) is 13.2 Å². The number of rotatable bonds is 7. The minimum atomic E-state index is -4.05. The van der Waals surface area contributed by atoms with E-state index in [1.54, 1.807) is 12.1 Å². The number of ether oxygens (including phenoxy) is 3. The van der Waals surface area contributed by atoms with Crippen molar-refractivity contribution in [3.05, 3.63) is 83.4 Å². The zero-order chi connectivity index (χ0) is 25.8. The average molecular weight is 523 g/mol. The number of carbonyl (C=O) groups is 2. The fraction of sp³-hybridized carbons (Fsp3) is 0.259. The van der Waals surface area contributed by atoms with Gasteiger partial charge in [0.15, 0.2) is 18.1 Å². The van der Waals surface area contributed by atoms with Crippen molar-refractivity contribution in [1.29, 1.82) is 0 Å². The Hall–Kier alpha value is -4.05. The monoisotopic (exact) mass is 522 g/mol. The lowest BCUT2D eigenvalue weighted by molar-refractivity contribution is -0.125. The summed E-state index contributed by atoms with van der Waals surface area (Å²) in [6, 6.07) is 18.2. The highest BCUT2D eigenvalue weighted by Gasteiger charge is 2.24. The van der Waals surface area contributed by atoms with Crippen LogP contribution in [0.1, 0.15) is 40.4 Å². The highest BCUT2D eigenvalue weighted by molar-refractivity contribution is 7.92. The summed E-state index contributed by atoms with van der Waals surface area (Å²) in [7, 11) is -4.05. The first-order chi connectivity index (χ1) is 17.9. The van der Waals surface area contributed by atoms with Gasteiger partial charge in [0.2, 0.25) is 0 Å². The molecule has 10 heteroatoms. The highest BCUT2D eigenvalue weighted by Crippen LogP contribution is 2.33. The first-order valence-electron chi connectivity index (χ1n) is 12.0. The number of nitrogens with one attached hydrogen (secondary N) is 2. The van der Waals surface area contributed by atoms with E-state index >= 15 is 0 Å². The van der Waals surface area contributed by atoms with Crippen LogP contribution in [0.2, 0.25) is 0 Å². The number of aryl methyl sites for hydroxylation is 1. The summed E-state index contributed by atoms with van der Waals surface area (Å²) >= 11 is 0. The van der Waals surface area contributed by atoms with E-state index in [4.69, 9.17) is 14.2 Å². The van der Waals surface area contributed by atoms with Crippen molar-refractivity contribution >= 4 is 27.6 Å². The van der Waals surface area contributed by atoms with Gasteiger partial charge in [-0.05, 0) is 54.7 Å². The second kappa shape index (κ2) is 10.5. The molecule has 0 bridgehead atoms. The Balaban J connectivity index is 1.24. The zero-order valence-electron chi connectivity index (χ0n) is 19.9. The molecule has 2 aliphatic rings. The Morgan fingerprint density at radius 3 is 2.57 bits per heavy atom. The molecule has 0 aromatic heterocycles. The van der Waals surface area contributed by atoms with Crippen molar-refractivity contribution in [2.24, 2.45) is 0 Å². The molecule has 0 saturated carbocycles. The molecule has 1 amide bonds. The van der Waals surface area contributed by atoms with E-state index in [9.17, 15) is 18.0 Å². The van der Waals surface area contributed by atoms with Gasteiger partial charge in [-0.1, -0.05) is 36.4 Å². The number of sulfonamides is 1. The molecule has 37 heavy (non-hydrogen) atoms.